The summed E-state index contributed by atoms with van der Waals surface area (Å²) in [5.41, 5.74) is 3.25. The van der Waals surface area contributed by atoms with Gasteiger partial charge in [-0.05, 0) is 11.6 Å². The molecule has 0 aromatic heterocycles. The van der Waals surface area contributed by atoms with Crippen LogP contribution in [0.4, 0.5) is 0 Å². The first-order valence-corrected chi connectivity index (χ1v) is 6.37. The van der Waals surface area contributed by atoms with Crippen LogP contribution < -0.4 is 0 Å². The number of thioether (sulfide) groups is 1. The van der Waals surface area contributed by atoms with E-state index in [1.54, 1.807) is 24.2 Å². The Balaban J connectivity index is 1.75. The molecule has 0 atom stereocenters. The van der Waals surface area contributed by atoms with E-state index in [1.807, 2.05) is 12.1 Å². The second kappa shape index (κ2) is 4.59. The molecule has 17 heavy (non-hydrogen) atoms. The van der Waals surface area contributed by atoms with Crippen LogP contribution in [-0.2, 0) is 5.75 Å². The fraction of sp³-hybridized carbons (Fsp3) is 0.0769. The zero-order valence-electron chi connectivity index (χ0n) is 9.13. The van der Waals surface area contributed by atoms with Gasteiger partial charge in [-0.3, -0.25) is 4.98 Å². The number of rotatable bonds is 3. The number of H-pyrrole nitrogens is 1. The molecule has 0 radical (unpaired) electrons. The zero-order valence-corrected chi connectivity index (χ0v) is 9.95. The molecule has 3 nitrogen and oxygen atoms in total. The maximum atomic E-state index is 4.34. The lowest BCUT2D eigenvalue weighted by atomic mass is 10.2. The molecule has 1 N–H and O–H groups in total. The van der Waals surface area contributed by atoms with E-state index in [2.05, 4.69) is 39.2 Å². The highest BCUT2D eigenvalue weighted by Gasteiger charge is 2.05. The molecule has 0 spiro atoms. The van der Waals surface area contributed by atoms with Gasteiger partial charge in [0.2, 0.25) is 0 Å². The van der Waals surface area contributed by atoms with Crippen molar-refractivity contribution in [2.75, 3.05) is 0 Å². The number of benzene rings is 1. The number of aromatic nitrogens is 3. The number of hydrogen-bond donors (Lipinski definition) is 1. The molecular weight excluding hydrogens is 230 g/mol. The minimum atomic E-state index is 0.911. The normalized spacial score (nSPS) is 10.8. The number of nitrogens with one attached hydrogen (secondary N) is 1. The summed E-state index contributed by atoms with van der Waals surface area (Å²) in [6, 6.07) is 12.3. The second-order valence-corrected chi connectivity index (χ2v) is 4.67. The molecule has 1 aromatic rings. The Morgan fingerprint density at radius 3 is 2.82 bits per heavy atom. The van der Waals surface area contributed by atoms with Crippen molar-refractivity contribution in [2.24, 2.45) is 0 Å². The van der Waals surface area contributed by atoms with E-state index in [-0.39, 0.29) is 0 Å². The van der Waals surface area contributed by atoms with Crippen molar-refractivity contribution in [2.45, 2.75) is 10.9 Å². The molecular formula is C13H11N3S. The maximum Gasteiger partial charge on any atom is 0.166 e. The molecule has 2 heterocycles. The van der Waals surface area contributed by atoms with Crippen molar-refractivity contribution in [3.63, 3.8) is 0 Å². The molecule has 0 saturated carbocycles. The molecule has 0 amide bonds. The number of aromatic amines is 1. The van der Waals surface area contributed by atoms with E-state index >= 15 is 0 Å². The minimum absolute atomic E-state index is 0.911. The third-order valence-corrected chi connectivity index (χ3v) is 3.45. The van der Waals surface area contributed by atoms with Crippen LogP contribution in [0, 0.1) is 0 Å². The van der Waals surface area contributed by atoms with Gasteiger partial charge >= 0.3 is 0 Å². The van der Waals surface area contributed by atoms with E-state index < -0.39 is 0 Å². The van der Waals surface area contributed by atoms with Crippen LogP contribution in [0.3, 0.4) is 0 Å². The highest BCUT2D eigenvalue weighted by atomic mass is 32.2. The van der Waals surface area contributed by atoms with Gasteiger partial charge in [0, 0.05) is 11.9 Å². The average Bonchev–Trinajstić information content (AvgIpc) is 2.85. The molecule has 3 rings (SSSR count). The van der Waals surface area contributed by atoms with E-state index in [0.717, 1.165) is 22.3 Å². The summed E-state index contributed by atoms with van der Waals surface area (Å²) >= 11 is 1.70. The van der Waals surface area contributed by atoms with Crippen LogP contribution in [0.25, 0.3) is 11.4 Å². The maximum absolute atomic E-state index is 4.34. The molecule has 0 unspecified atom stereocenters. The smallest absolute Gasteiger partial charge is 0.166 e. The van der Waals surface area contributed by atoms with Gasteiger partial charge in [0.1, 0.15) is 5.69 Å². The average molecular weight is 241 g/mol. The quantitative estimate of drug-likeness (QED) is 0.565. The summed E-state index contributed by atoms with van der Waals surface area (Å²) in [6.45, 7) is 0. The monoisotopic (exact) mass is 241 g/mol. The van der Waals surface area contributed by atoms with Crippen molar-refractivity contribution < 1.29 is 0 Å². The van der Waals surface area contributed by atoms with Gasteiger partial charge in [0.05, 0.1) is 11.9 Å². The first-order chi connectivity index (χ1) is 8.42. The predicted octanol–water partition coefficient (Wildman–Crippen LogP) is 3.20. The molecule has 0 bridgehead atoms. The molecule has 0 aliphatic carbocycles. The molecule has 1 aromatic carbocycles. The molecule has 84 valence electrons. The number of fused-ring (bicyclic) bond motifs is 1. The van der Waals surface area contributed by atoms with E-state index in [0.29, 0.717) is 0 Å². The van der Waals surface area contributed by atoms with Crippen molar-refractivity contribution in [1.29, 1.82) is 0 Å². The standard InChI is InChI=1S/C13H11N3S/c1-2-4-10(5-3-1)9-17-13-15-8-12-11(16-13)6-7-14-12/h1-8H,9H2,(H,15,16). The van der Waals surface area contributed by atoms with Crippen molar-refractivity contribution in [3.8, 4) is 11.4 Å². The second-order valence-electron chi connectivity index (χ2n) is 3.71. The third kappa shape index (κ3) is 2.31. The summed E-state index contributed by atoms with van der Waals surface area (Å²) in [5.74, 6) is 0.921. The Labute approximate surface area is 104 Å². The number of nitrogens with zero attached hydrogens (tertiary/aromatic N) is 2. The minimum Gasteiger partial charge on any atom is -0.333 e. The van der Waals surface area contributed by atoms with Crippen LogP contribution in [0.15, 0.2) is 53.9 Å². The van der Waals surface area contributed by atoms with Gasteiger partial charge in [-0.15, -0.1) is 0 Å². The summed E-state index contributed by atoms with van der Waals surface area (Å²) in [4.78, 5) is 11.8. The molecule has 4 heteroatoms. The molecule has 2 aliphatic heterocycles. The largest absolute Gasteiger partial charge is 0.333 e. The molecule has 0 saturated heterocycles. The Hall–Kier alpha value is -1.81. The van der Waals surface area contributed by atoms with Crippen LogP contribution in [-0.4, -0.2) is 15.0 Å². The topological polar surface area (TPSA) is 41.6 Å². The lowest BCUT2D eigenvalue weighted by molar-refractivity contribution is 0.966. The first kappa shape index (κ1) is 10.4. The van der Waals surface area contributed by atoms with Gasteiger partial charge in [-0.1, -0.05) is 42.1 Å². The summed E-state index contributed by atoms with van der Waals surface area (Å²) in [5, 5.41) is 0.925. The van der Waals surface area contributed by atoms with Gasteiger partial charge in [-0.25, -0.2) is 4.98 Å². The molecule has 0 fully saturated rings. The van der Waals surface area contributed by atoms with E-state index in [1.165, 1.54) is 5.56 Å². The predicted molar refractivity (Wildman–Crippen MR) is 69.0 cm³/mol. The van der Waals surface area contributed by atoms with Gasteiger partial charge in [0.15, 0.2) is 5.16 Å². The third-order valence-electron chi connectivity index (χ3n) is 2.49. The van der Waals surface area contributed by atoms with Crippen molar-refractivity contribution >= 4 is 11.8 Å². The zero-order chi connectivity index (χ0) is 11.5. The fourth-order valence-corrected chi connectivity index (χ4v) is 2.43. The van der Waals surface area contributed by atoms with Crippen LogP contribution in [0.2, 0.25) is 0 Å². The lowest BCUT2D eigenvalue weighted by Crippen LogP contribution is -1.91. The Morgan fingerprint density at radius 2 is 1.94 bits per heavy atom. The summed E-state index contributed by atoms with van der Waals surface area (Å²) in [6.07, 6.45) is 3.59. The van der Waals surface area contributed by atoms with E-state index in [4.69, 9.17) is 0 Å². The van der Waals surface area contributed by atoms with Crippen molar-refractivity contribution in [3.05, 3.63) is 54.4 Å². The van der Waals surface area contributed by atoms with Crippen LogP contribution in [0.5, 0.6) is 0 Å². The highest BCUT2D eigenvalue weighted by molar-refractivity contribution is 7.98. The van der Waals surface area contributed by atoms with Crippen molar-refractivity contribution in [1.82, 2.24) is 15.0 Å². The van der Waals surface area contributed by atoms with Gasteiger partial charge < -0.3 is 4.98 Å². The van der Waals surface area contributed by atoms with Crippen LogP contribution in [0.1, 0.15) is 5.56 Å². The first-order valence-electron chi connectivity index (χ1n) is 5.38. The Bertz CT molecular complexity index is 576. The lowest BCUT2D eigenvalue weighted by Gasteiger charge is -2.03. The highest BCUT2D eigenvalue weighted by Crippen LogP contribution is 2.23. The van der Waals surface area contributed by atoms with E-state index in [9.17, 15) is 0 Å². The number of hydrogen-bond acceptors (Lipinski definition) is 3. The molecule has 2 aliphatic rings. The van der Waals surface area contributed by atoms with Gasteiger partial charge in [0.25, 0.3) is 0 Å². The fourth-order valence-electron chi connectivity index (χ4n) is 1.62. The SMILES string of the molecule is c1ccc(CSc2ncc3nccc-3[nH]2)cc1. The Morgan fingerprint density at radius 1 is 1.06 bits per heavy atom. The van der Waals surface area contributed by atoms with Gasteiger partial charge in [-0.2, -0.15) is 0 Å². The summed E-state index contributed by atoms with van der Waals surface area (Å²) in [7, 11) is 0. The Kier molecular flexibility index (Phi) is 2.80. The summed E-state index contributed by atoms with van der Waals surface area (Å²) < 4.78 is 0. The van der Waals surface area contributed by atoms with Crippen LogP contribution >= 0.6 is 11.8 Å².